The van der Waals surface area contributed by atoms with E-state index in [-0.39, 0.29) is 12.0 Å². The highest BCUT2D eigenvalue weighted by Crippen LogP contribution is 2.67. The summed E-state index contributed by atoms with van der Waals surface area (Å²) < 4.78 is 8.46. The van der Waals surface area contributed by atoms with Crippen molar-refractivity contribution in [1.29, 1.82) is 0 Å². The molecule has 0 amide bonds. The molecule has 30 heavy (non-hydrogen) atoms. The highest BCUT2D eigenvalue weighted by atomic mass is 16.3. The second-order valence-corrected chi connectivity index (χ2v) is 12.2. The van der Waals surface area contributed by atoms with Crippen LogP contribution in [0, 0.1) is 52.2 Å². The molecule has 1 N–H and O–H groups in total. The van der Waals surface area contributed by atoms with Gasteiger partial charge in [0.1, 0.15) is 0 Å². The second-order valence-electron chi connectivity index (χ2n) is 12.2. The van der Waals surface area contributed by atoms with Crippen molar-refractivity contribution < 1.29 is 6.48 Å². The maximum absolute atomic E-state index is 10.2. The summed E-state index contributed by atoms with van der Waals surface area (Å²) >= 11 is 0. The first-order valence-electron chi connectivity index (χ1n) is 13.6. The number of fused-ring (bicyclic) bond motifs is 5. The van der Waals surface area contributed by atoms with Gasteiger partial charge in [0.2, 0.25) is 0 Å². The molecule has 0 heterocycles. The zero-order chi connectivity index (χ0) is 22.6. The van der Waals surface area contributed by atoms with Crippen LogP contribution in [0.15, 0.2) is 23.8 Å². The van der Waals surface area contributed by atoms with E-state index in [9.17, 15) is 5.11 Å². The van der Waals surface area contributed by atoms with Crippen LogP contribution in [0.1, 0.15) is 101 Å². The molecule has 0 saturated heterocycles. The lowest BCUT2D eigenvalue weighted by Crippen LogP contribution is -2.51. The molecule has 0 unspecified atom stereocenters. The molecule has 4 aliphatic rings. The van der Waals surface area contributed by atoms with Crippen LogP contribution in [0.4, 0.5) is 0 Å². The first-order chi connectivity index (χ1) is 14.5. The molecule has 0 radical (unpaired) electrons. The zero-order valence-corrected chi connectivity index (χ0v) is 20.6. The molecule has 1 heteroatoms. The van der Waals surface area contributed by atoms with Gasteiger partial charge in [-0.05, 0) is 110 Å². The van der Waals surface area contributed by atoms with Crippen LogP contribution in [0.2, 0.25) is 0 Å². The van der Waals surface area contributed by atoms with Gasteiger partial charge in [0.05, 0.1) is 6.10 Å². The van der Waals surface area contributed by atoms with Gasteiger partial charge in [-0.15, -0.1) is 0 Å². The predicted octanol–water partition coefficient (Wildman–Crippen LogP) is 7.80. The van der Waals surface area contributed by atoms with E-state index in [2.05, 4.69) is 59.8 Å². The summed E-state index contributed by atoms with van der Waals surface area (Å²) in [5.41, 5.74) is 2.42. The summed E-state index contributed by atoms with van der Waals surface area (Å²) in [4.78, 5) is 0. The summed E-state index contributed by atoms with van der Waals surface area (Å²) in [6, 6.07) is 0. The third kappa shape index (κ3) is 3.66. The van der Waals surface area contributed by atoms with Crippen molar-refractivity contribution in [2.24, 2.45) is 52.2 Å². The minimum absolute atomic E-state index is 0.197. The molecule has 4 rings (SSSR count). The molecule has 4 aliphatic carbocycles. The van der Waals surface area contributed by atoms with Gasteiger partial charge in [-0.2, -0.15) is 0 Å². The van der Waals surface area contributed by atoms with Crippen LogP contribution in [0.25, 0.3) is 0 Å². The van der Waals surface area contributed by atoms with Gasteiger partial charge in [-0.25, -0.2) is 0 Å². The Bertz CT molecular complexity index is 717. The maximum atomic E-state index is 10.2. The average molecular weight is 414 g/mol. The molecule has 0 aromatic carbocycles. The van der Waals surface area contributed by atoms with Crippen molar-refractivity contribution in [1.82, 2.24) is 0 Å². The molecule has 170 valence electrons. The Morgan fingerprint density at radius 2 is 1.83 bits per heavy atom. The fraction of sp³-hybridized carbons (Fsp3) is 0.862. The summed E-state index contributed by atoms with van der Waals surface area (Å²) in [5.74, 6) is 3.96. The highest BCUT2D eigenvalue weighted by molar-refractivity contribution is 5.25. The van der Waals surface area contributed by atoms with E-state index in [4.69, 9.17) is 1.37 Å². The van der Waals surface area contributed by atoms with Gasteiger partial charge in [0.25, 0.3) is 0 Å². The largest absolute Gasteiger partial charge is 0.389 e. The molecule has 3 fully saturated rings. The molecule has 0 aromatic rings. The lowest BCUT2D eigenvalue weighted by atomic mass is 9.46. The quantitative estimate of drug-likeness (QED) is 0.456. The number of aliphatic hydroxyl groups is 1. The van der Waals surface area contributed by atoms with Crippen LogP contribution < -0.4 is 0 Å². The van der Waals surface area contributed by atoms with E-state index in [0.29, 0.717) is 22.7 Å². The van der Waals surface area contributed by atoms with Gasteiger partial charge >= 0.3 is 0 Å². The van der Waals surface area contributed by atoms with Crippen molar-refractivity contribution in [3.8, 4) is 0 Å². The number of rotatable bonds is 5. The van der Waals surface area contributed by atoms with Crippen molar-refractivity contribution in [2.75, 3.05) is 0 Å². The standard InChI is InChI=1S/C29H48O/c1-7-21(19(2)3)9-8-20(4)25-12-13-26-24-11-10-22-18-23(30)14-16-28(22,5)27(24)15-17-29(25,26)6/h8-9,18-21,23-27,30H,7,10-17H2,1-6H3/b9-8+/t20-,21-,23+,24+,25-,26+,27+,28+,29-/m1/s1/i19D. The van der Waals surface area contributed by atoms with E-state index >= 15 is 0 Å². The normalized spacial score (nSPS) is 46.4. The topological polar surface area (TPSA) is 20.2 Å². The third-order valence-electron chi connectivity index (χ3n) is 10.6. The van der Waals surface area contributed by atoms with Crippen LogP contribution >= 0.6 is 0 Å². The molecular formula is C29H48O. The van der Waals surface area contributed by atoms with Crippen molar-refractivity contribution in [3.63, 3.8) is 0 Å². The first kappa shape index (κ1) is 21.3. The van der Waals surface area contributed by atoms with Gasteiger partial charge < -0.3 is 5.11 Å². The van der Waals surface area contributed by atoms with E-state index < -0.39 is 0 Å². The molecule has 0 spiro atoms. The van der Waals surface area contributed by atoms with Crippen LogP contribution in [0.5, 0.6) is 0 Å². The second kappa shape index (κ2) is 8.42. The Morgan fingerprint density at radius 1 is 1.07 bits per heavy atom. The number of allylic oxidation sites excluding steroid dienone is 3. The summed E-state index contributed by atoms with van der Waals surface area (Å²) in [7, 11) is 0. The smallest absolute Gasteiger partial charge is 0.0724 e. The number of aliphatic hydroxyl groups excluding tert-OH is 1. The van der Waals surface area contributed by atoms with E-state index in [0.717, 1.165) is 36.5 Å². The minimum Gasteiger partial charge on any atom is -0.389 e. The summed E-state index contributed by atoms with van der Waals surface area (Å²) in [6.07, 6.45) is 18.2. The minimum atomic E-state index is -0.387. The SMILES string of the molecule is [2H]C(C)(C)[C@@H](/C=C/[C@@H](C)[C@H]1CC[C@H]2[C@@H]3CCC4=C[C@@H](O)CC[C@]4(C)[C@H]3CC[C@]12C)CC. The fourth-order valence-electron chi connectivity index (χ4n) is 8.79. The van der Waals surface area contributed by atoms with Gasteiger partial charge in [-0.3, -0.25) is 0 Å². The average Bonchev–Trinajstić information content (AvgIpc) is 3.05. The van der Waals surface area contributed by atoms with Crippen LogP contribution in [0.3, 0.4) is 0 Å². The summed E-state index contributed by atoms with van der Waals surface area (Å²) in [6.45, 7) is 14.0. The third-order valence-corrected chi connectivity index (χ3v) is 10.6. The molecule has 0 bridgehead atoms. The Balaban J connectivity index is 1.51. The molecular weight excluding hydrogens is 364 g/mol. The maximum Gasteiger partial charge on any atom is 0.0724 e. The van der Waals surface area contributed by atoms with Crippen molar-refractivity contribution in [2.45, 2.75) is 105 Å². The van der Waals surface area contributed by atoms with Gasteiger partial charge in [0.15, 0.2) is 0 Å². The molecule has 0 aromatic heterocycles. The monoisotopic (exact) mass is 413 g/mol. The summed E-state index contributed by atoms with van der Waals surface area (Å²) in [5, 5.41) is 10.2. The first-order valence-corrected chi connectivity index (χ1v) is 13.1. The molecule has 1 nitrogen and oxygen atoms in total. The molecule has 0 aliphatic heterocycles. The van der Waals surface area contributed by atoms with Crippen molar-refractivity contribution >= 4 is 0 Å². The lowest BCUT2D eigenvalue weighted by molar-refractivity contribution is -0.0595. The van der Waals surface area contributed by atoms with E-state index in [1.807, 2.05) is 0 Å². The zero-order valence-electron chi connectivity index (χ0n) is 21.6. The Labute approximate surface area is 188 Å². The van der Waals surface area contributed by atoms with Crippen molar-refractivity contribution in [3.05, 3.63) is 23.8 Å². The highest BCUT2D eigenvalue weighted by Gasteiger charge is 2.59. The molecule has 9 atom stereocenters. The van der Waals surface area contributed by atoms with Crippen LogP contribution in [-0.4, -0.2) is 11.2 Å². The number of hydrogen-bond donors (Lipinski definition) is 1. The van der Waals surface area contributed by atoms with E-state index in [1.165, 1.54) is 44.9 Å². The van der Waals surface area contributed by atoms with Gasteiger partial charge in [0, 0.05) is 1.37 Å². The predicted molar refractivity (Wildman–Crippen MR) is 128 cm³/mol. The Hall–Kier alpha value is -0.560. The fourth-order valence-corrected chi connectivity index (χ4v) is 8.79. The Morgan fingerprint density at radius 3 is 2.53 bits per heavy atom. The Kier molecular flexibility index (Phi) is 5.97. The van der Waals surface area contributed by atoms with Gasteiger partial charge in [-0.1, -0.05) is 65.3 Å². The molecule has 3 saturated carbocycles. The van der Waals surface area contributed by atoms with E-state index in [1.54, 1.807) is 5.57 Å². The lowest BCUT2D eigenvalue weighted by Gasteiger charge is -2.59. The van der Waals surface area contributed by atoms with Crippen LogP contribution in [-0.2, 0) is 0 Å². The number of hydrogen-bond acceptors (Lipinski definition) is 1.